The maximum Gasteiger partial charge on any atom is 0.333 e. The Balaban J connectivity index is 2.02. The number of esters is 2. The molecule has 3 aliphatic rings. The molecule has 132 valence electrons. The number of amides is 1. The molecule has 8 heteroatoms. The lowest BCUT2D eigenvalue weighted by Crippen LogP contribution is -2.64. The van der Waals surface area contributed by atoms with Crippen molar-refractivity contribution in [3.8, 4) is 0 Å². The molecular formula is C16H22N2O6. The van der Waals surface area contributed by atoms with E-state index in [0.29, 0.717) is 12.8 Å². The molecule has 0 aliphatic carbocycles. The topological polar surface area (TPSA) is 94.2 Å². The van der Waals surface area contributed by atoms with Crippen molar-refractivity contribution in [2.45, 2.75) is 50.2 Å². The quantitative estimate of drug-likeness (QED) is 0.677. The van der Waals surface area contributed by atoms with Crippen LogP contribution in [0.1, 0.15) is 33.1 Å². The van der Waals surface area contributed by atoms with Crippen molar-refractivity contribution >= 4 is 17.8 Å². The van der Waals surface area contributed by atoms with Crippen LogP contribution >= 0.6 is 0 Å². The third kappa shape index (κ3) is 2.80. The Labute approximate surface area is 140 Å². The van der Waals surface area contributed by atoms with E-state index in [4.69, 9.17) is 14.2 Å². The van der Waals surface area contributed by atoms with Gasteiger partial charge in [-0.2, -0.15) is 0 Å². The van der Waals surface area contributed by atoms with Gasteiger partial charge in [-0.05, 0) is 19.9 Å². The van der Waals surface area contributed by atoms with Crippen LogP contribution in [0.5, 0.6) is 0 Å². The fraction of sp³-hybridized carbons (Fsp3) is 0.688. The monoisotopic (exact) mass is 338 g/mol. The molecule has 2 atom stereocenters. The number of carbonyl (C=O) groups is 3. The van der Waals surface area contributed by atoms with Gasteiger partial charge in [-0.25, -0.2) is 9.59 Å². The van der Waals surface area contributed by atoms with Crippen LogP contribution in [0, 0.1) is 0 Å². The predicted molar refractivity (Wildman–Crippen MR) is 81.4 cm³/mol. The molecule has 3 heterocycles. The van der Waals surface area contributed by atoms with Crippen molar-refractivity contribution in [2.24, 2.45) is 0 Å². The van der Waals surface area contributed by atoms with Gasteiger partial charge in [-0.1, -0.05) is 0 Å². The van der Waals surface area contributed by atoms with Gasteiger partial charge in [0.25, 0.3) is 11.5 Å². The maximum absolute atomic E-state index is 12.0. The van der Waals surface area contributed by atoms with Crippen molar-refractivity contribution in [3.63, 3.8) is 0 Å². The minimum absolute atomic E-state index is 0.233. The summed E-state index contributed by atoms with van der Waals surface area (Å²) in [5.41, 5.74) is -2.18. The van der Waals surface area contributed by atoms with Gasteiger partial charge in [0, 0.05) is 45.5 Å². The van der Waals surface area contributed by atoms with Crippen molar-refractivity contribution < 1.29 is 28.6 Å². The number of fused-ring (bicyclic) bond motifs is 1. The van der Waals surface area contributed by atoms with Crippen molar-refractivity contribution in [1.82, 2.24) is 10.2 Å². The summed E-state index contributed by atoms with van der Waals surface area (Å²) in [4.78, 5) is 38.0. The van der Waals surface area contributed by atoms with E-state index < -0.39 is 35.0 Å². The Morgan fingerprint density at radius 1 is 1.17 bits per heavy atom. The summed E-state index contributed by atoms with van der Waals surface area (Å²) in [6.45, 7) is 4.44. The minimum atomic E-state index is -1.59. The van der Waals surface area contributed by atoms with Gasteiger partial charge in [-0.3, -0.25) is 4.79 Å². The lowest BCUT2D eigenvalue weighted by molar-refractivity contribution is -0.289. The van der Waals surface area contributed by atoms with E-state index in [1.807, 2.05) is 7.05 Å². The van der Waals surface area contributed by atoms with Crippen molar-refractivity contribution in [3.05, 3.63) is 12.2 Å². The second-order valence-corrected chi connectivity index (χ2v) is 6.89. The highest BCUT2D eigenvalue weighted by molar-refractivity contribution is 5.93. The minimum Gasteiger partial charge on any atom is -0.428 e. The summed E-state index contributed by atoms with van der Waals surface area (Å²) in [5, 5.41) is 2.67. The van der Waals surface area contributed by atoms with Gasteiger partial charge in [-0.15, -0.1) is 0 Å². The van der Waals surface area contributed by atoms with Gasteiger partial charge in [0.1, 0.15) is 0 Å². The predicted octanol–water partition coefficient (Wildman–Crippen LogP) is 0.0759. The number of nitrogens with one attached hydrogen (secondary N) is 1. The standard InChI is InChI=1S/C16H22N2O6/c1-11(19)17-16-10-15(6-8-18(3)9-7-15)24-14(16,2)22-12(20)4-5-13(21)23-16/h4-5H,6-10H2,1-3H3,(H,17,19)/b5-4+. The normalized spacial score (nSPS) is 37.0. The average Bonchev–Trinajstić information content (AvgIpc) is 2.67. The van der Waals surface area contributed by atoms with Crippen LogP contribution in [0.4, 0.5) is 0 Å². The molecule has 0 aromatic carbocycles. The first kappa shape index (κ1) is 16.9. The van der Waals surface area contributed by atoms with Gasteiger partial charge < -0.3 is 24.4 Å². The summed E-state index contributed by atoms with van der Waals surface area (Å²) in [5.74, 6) is -3.43. The number of likely N-dealkylation sites (tertiary alicyclic amines) is 1. The van der Waals surface area contributed by atoms with E-state index in [9.17, 15) is 14.4 Å². The lowest BCUT2D eigenvalue weighted by Gasteiger charge is -2.40. The molecule has 1 amide bonds. The molecule has 0 radical (unpaired) electrons. The number of hydrogen-bond acceptors (Lipinski definition) is 7. The number of nitrogens with zero attached hydrogens (tertiary/aromatic N) is 1. The molecule has 0 aromatic rings. The van der Waals surface area contributed by atoms with Crippen molar-refractivity contribution in [1.29, 1.82) is 0 Å². The Hall–Kier alpha value is -1.93. The van der Waals surface area contributed by atoms with Crippen LogP contribution in [0.2, 0.25) is 0 Å². The first-order valence-electron chi connectivity index (χ1n) is 7.99. The molecule has 1 N–H and O–H groups in total. The Morgan fingerprint density at radius 2 is 1.75 bits per heavy atom. The van der Waals surface area contributed by atoms with Crippen molar-refractivity contribution in [2.75, 3.05) is 20.1 Å². The summed E-state index contributed by atoms with van der Waals surface area (Å²) in [6, 6.07) is 0. The number of rotatable bonds is 1. The molecule has 0 saturated carbocycles. The zero-order valence-electron chi connectivity index (χ0n) is 14.1. The second kappa shape index (κ2) is 5.56. The Morgan fingerprint density at radius 3 is 2.33 bits per heavy atom. The summed E-state index contributed by atoms with van der Waals surface area (Å²) in [7, 11) is 2.01. The molecule has 8 nitrogen and oxygen atoms in total. The number of piperidine rings is 1. The molecule has 2 saturated heterocycles. The fourth-order valence-electron chi connectivity index (χ4n) is 3.72. The van der Waals surface area contributed by atoms with Gasteiger partial charge in [0.05, 0.1) is 5.60 Å². The van der Waals surface area contributed by atoms with Crippen LogP contribution in [0.25, 0.3) is 0 Å². The zero-order valence-corrected chi connectivity index (χ0v) is 14.1. The molecule has 3 rings (SSSR count). The van der Waals surface area contributed by atoms with E-state index >= 15 is 0 Å². The van der Waals surface area contributed by atoms with E-state index in [0.717, 1.165) is 25.2 Å². The Kier molecular flexibility index (Phi) is 3.92. The summed E-state index contributed by atoms with van der Waals surface area (Å²) < 4.78 is 17.2. The summed E-state index contributed by atoms with van der Waals surface area (Å²) >= 11 is 0. The zero-order chi connectivity index (χ0) is 17.6. The van der Waals surface area contributed by atoms with Crippen LogP contribution < -0.4 is 5.32 Å². The SMILES string of the molecule is CC(=O)NC12CC3(CCN(C)CC3)OC1(C)OC(=O)/C=C/C(=O)O2. The maximum atomic E-state index is 12.0. The Bertz CT molecular complexity index is 610. The fourth-order valence-corrected chi connectivity index (χ4v) is 3.72. The van der Waals surface area contributed by atoms with Crippen LogP contribution in [-0.4, -0.2) is 60.0 Å². The molecule has 0 aromatic heterocycles. The average molecular weight is 338 g/mol. The third-order valence-corrected chi connectivity index (χ3v) is 4.92. The molecule has 0 bridgehead atoms. The number of hydrogen-bond donors (Lipinski definition) is 1. The molecule has 3 aliphatic heterocycles. The first-order valence-corrected chi connectivity index (χ1v) is 7.99. The van der Waals surface area contributed by atoms with E-state index in [-0.39, 0.29) is 6.42 Å². The molecule has 2 unspecified atom stereocenters. The van der Waals surface area contributed by atoms with Gasteiger partial charge >= 0.3 is 11.9 Å². The third-order valence-electron chi connectivity index (χ3n) is 4.92. The van der Waals surface area contributed by atoms with Gasteiger partial charge in [0.15, 0.2) is 0 Å². The van der Waals surface area contributed by atoms with Gasteiger partial charge in [0.2, 0.25) is 5.91 Å². The molecule has 2 fully saturated rings. The first-order chi connectivity index (χ1) is 11.2. The van der Waals surface area contributed by atoms with Crippen LogP contribution in [0.3, 0.4) is 0 Å². The van der Waals surface area contributed by atoms with Crippen LogP contribution in [-0.2, 0) is 28.6 Å². The molecular weight excluding hydrogens is 316 g/mol. The highest BCUT2D eigenvalue weighted by Gasteiger charge is 2.69. The molecule has 24 heavy (non-hydrogen) atoms. The summed E-state index contributed by atoms with van der Waals surface area (Å²) in [6.07, 6.45) is 3.59. The van der Waals surface area contributed by atoms with E-state index in [1.165, 1.54) is 13.8 Å². The second-order valence-electron chi connectivity index (χ2n) is 6.89. The lowest BCUT2D eigenvalue weighted by atomic mass is 9.85. The number of carbonyl (C=O) groups excluding carboxylic acids is 3. The van der Waals surface area contributed by atoms with E-state index in [2.05, 4.69) is 10.2 Å². The largest absolute Gasteiger partial charge is 0.428 e. The number of ether oxygens (including phenoxy) is 3. The van der Waals surface area contributed by atoms with E-state index in [1.54, 1.807) is 0 Å². The molecule has 1 spiro atoms. The smallest absolute Gasteiger partial charge is 0.333 e. The highest BCUT2D eigenvalue weighted by atomic mass is 16.8. The van der Waals surface area contributed by atoms with Crippen LogP contribution in [0.15, 0.2) is 12.2 Å². The highest BCUT2D eigenvalue weighted by Crippen LogP contribution is 2.51.